The molecule has 2 aromatic heterocycles. The number of carbonyl (C=O) groups is 2. The molecule has 0 radical (unpaired) electrons. The molecule has 2 amide bonds. The lowest BCUT2D eigenvalue weighted by Gasteiger charge is -2.27. The summed E-state index contributed by atoms with van der Waals surface area (Å²) in [7, 11) is 0. The van der Waals surface area contributed by atoms with Gasteiger partial charge in [0.2, 0.25) is 11.8 Å². The normalized spacial score (nSPS) is 16.5. The van der Waals surface area contributed by atoms with Gasteiger partial charge in [-0.3, -0.25) is 9.59 Å². The fourth-order valence-electron chi connectivity index (χ4n) is 11.9. The molecular weight excluding hydrogens is 893 g/mol. The standard InChI is InChI=1S/C64H98N2O2S2/c1-7-11-15-19-23-25-29-33-37-51(35-31-27-21-17-13-9-3)47-65-56-44-50(6)69-61(56)59(63(65)67)60-62-57(46-58(70-62)55-42-41-53-43-49(5)39-40-54(53)45-55)66(64(60)68)48-52(36-32-28-22-18-14-10-4)38-34-30-26-24-20-16-12-8-2/h39-46,51-52,59-60H,7-38,47-48H2,1-6H3. The van der Waals surface area contributed by atoms with E-state index in [1.807, 2.05) is 0 Å². The van der Waals surface area contributed by atoms with Crippen LogP contribution in [0.2, 0.25) is 0 Å². The lowest BCUT2D eigenvalue weighted by molar-refractivity contribution is -0.125. The van der Waals surface area contributed by atoms with Gasteiger partial charge in [-0.25, -0.2) is 0 Å². The van der Waals surface area contributed by atoms with Gasteiger partial charge in [-0.1, -0.05) is 243 Å². The first-order valence-electron chi connectivity index (χ1n) is 29.6. The third-order valence-electron chi connectivity index (χ3n) is 16.2. The van der Waals surface area contributed by atoms with E-state index < -0.39 is 11.8 Å². The van der Waals surface area contributed by atoms with Gasteiger partial charge in [0.05, 0.1) is 23.2 Å². The van der Waals surface area contributed by atoms with Gasteiger partial charge in [0.15, 0.2) is 0 Å². The van der Waals surface area contributed by atoms with E-state index in [1.54, 1.807) is 22.7 Å². The van der Waals surface area contributed by atoms with Gasteiger partial charge < -0.3 is 9.80 Å². The first-order chi connectivity index (χ1) is 34.3. The number of nitrogens with zero attached hydrogens (tertiary/aromatic N) is 2. The van der Waals surface area contributed by atoms with Crippen molar-refractivity contribution >= 4 is 56.6 Å². The van der Waals surface area contributed by atoms with Crippen molar-refractivity contribution in [1.82, 2.24) is 0 Å². The predicted octanol–water partition coefficient (Wildman–Crippen LogP) is 20.6. The van der Waals surface area contributed by atoms with Gasteiger partial charge in [0.1, 0.15) is 0 Å². The second kappa shape index (κ2) is 30.9. The summed E-state index contributed by atoms with van der Waals surface area (Å²) in [4.78, 5) is 40.1. The minimum Gasteiger partial charge on any atom is -0.310 e. The zero-order chi connectivity index (χ0) is 49.5. The number of fused-ring (bicyclic) bond motifs is 3. The quantitative estimate of drug-likeness (QED) is 0.0420. The average Bonchev–Trinajstić information content (AvgIpc) is 4.08. The molecular formula is C64H98N2O2S2. The highest BCUT2D eigenvalue weighted by Crippen LogP contribution is 2.57. The maximum atomic E-state index is 15.5. The number of hydrogen-bond donors (Lipinski definition) is 0. The monoisotopic (exact) mass is 991 g/mol. The summed E-state index contributed by atoms with van der Waals surface area (Å²) < 4.78 is 0. The molecule has 388 valence electrons. The number of anilines is 2. The number of amides is 2. The van der Waals surface area contributed by atoms with Crippen molar-refractivity contribution < 1.29 is 9.59 Å². The van der Waals surface area contributed by atoms with Crippen LogP contribution < -0.4 is 9.80 Å². The fourth-order valence-corrected chi connectivity index (χ4v) is 14.4. The molecule has 70 heavy (non-hydrogen) atoms. The molecule has 4 unspecified atom stereocenters. The Morgan fingerprint density at radius 3 is 1.24 bits per heavy atom. The third kappa shape index (κ3) is 16.5. The van der Waals surface area contributed by atoms with Gasteiger partial charge in [0.25, 0.3) is 0 Å². The largest absolute Gasteiger partial charge is 0.310 e. The Hall–Kier alpha value is -2.96. The SMILES string of the molecule is CCCCCCCCCCC(CCCCCCCC)CN1C(=O)C(C2C(=O)N(CC(CCCCCCCC)CCCCCCCCCC)c3cc(-c4ccc5cc(C)ccc5c4)sc32)c2sc(C)cc21. The third-order valence-corrected chi connectivity index (χ3v) is 18.6. The van der Waals surface area contributed by atoms with Crippen LogP contribution in [0, 0.1) is 25.7 Å². The molecule has 2 aromatic carbocycles. The minimum absolute atomic E-state index is 0.172. The highest BCUT2D eigenvalue weighted by Gasteiger charge is 2.53. The summed E-state index contributed by atoms with van der Waals surface area (Å²) in [5.41, 5.74) is 4.66. The van der Waals surface area contributed by atoms with E-state index in [0.717, 1.165) is 34.2 Å². The number of aryl methyl sites for hydroxylation is 2. The van der Waals surface area contributed by atoms with Crippen LogP contribution in [0.3, 0.4) is 0 Å². The maximum Gasteiger partial charge on any atom is 0.236 e. The Morgan fingerprint density at radius 1 is 0.429 bits per heavy atom. The van der Waals surface area contributed by atoms with Crippen molar-refractivity contribution in [3.05, 3.63) is 68.7 Å². The first kappa shape index (κ1) is 56.3. The van der Waals surface area contributed by atoms with Crippen molar-refractivity contribution in [2.75, 3.05) is 22.9 Å². The van der Waals surface area contributed by atoms with E-state index in [0.29, 0.717) is 11.8 Å². The number of benzene rings is 2. The van der Waals surface area contributed by atoms with Crippen molar-refractivity contribution in [2.45, 2.75) is 259 Å². The average molecular weight is 992 g/mol. The van der Waals surface area contributed by atoms with Crippen LogP contribution in [0.15, 0.2) is 48.5 Å². The van der Waals surface area contributed by atoms with Crippen LogP contribution in [0.25, 0.3) is 21.2 Å². The Bertz CT molecular complexity index is 2130. The highest BCUT2D eigenvalue weighted by atomic mass is 32.1. The summed E-state index contributed by atoms with van der Waals surface area (Å²) in [6, 6.07) is 18.2. The molecule has 0 aliphatic carbocycles. The number of hydrogen-bond acceptors (Lipinski definition) is 4. The van der Waals surface area contributed by atoms with Gasteiger partial charge in [-0.15, -0.1) is 22.7 Å². The lowest BCUT2D eigenvalue weighted by Crippen LogP contribution is -2.39. The van der Waals surface area contributed by atoms with Gasteiger partial charge in [0, 0.05) is 32.6 Å². The second-order valence-electron chi connectivity index (χ2n) is 22.3. The lowest BCUT2D eigenvalue weighted by atomic mass is 9.90. The van der Waals surface area contributed by atoms with E-state index in [-0.39, 0.29) is 11.8 Å². The summed E-state index contributed by atoms with van der Waals surface area (Å²) in [5.74, 6) is 0.355. The molecule has 6 heteroatoms. The summed E-state index contributed by atoms with van der Waals surface area (Å²) in [5, 5.41) is 2.50. The number of rotatable bonds is 38. The molecule has 0 saturated heterocycles. The van der Waals surface area contributed by atoms with Crippen molar-refractivity contribution in [2.24, 2.45) is 11.8 Å². The zero-order valence-electron chi connectivity index (χ0n) is 45.5. The first-order valence-corrected chi connectivity index (χ1v) is 31.3. The molecule has 0 saturated carbocycles. The topological polar surface area (TPSA) is 40.6 Å². The summed E-state index contributed by atoms with van der Waals surface area (Å²) >= 11 is 3.57. The van der Waals surface area contributed by atoms with E-state index in [1.165, 1.54) is 237 Å². The van der Waals surface area contributed by atoms with Crippen LogP contribution in [-0.4, -0.2) is 24.9 Å². The number of thiophene rings is 2. The van der Waals surface area contributed by atoms with Crippen LogP contribution in [0.5, 0.6) is 0 Å². The van der Waals surface area contributed by atoms with Gasteiger partial charge in [-0.2, -0.15) is 0 Å². The van der Waals surface area contributed by atoms with Gasteiger partial charge >= 0.3 is 0 Å². The Morgan fingerprint density at radius 2 is 0.800 bits per heavy atom. The minimum atomic E-state index is -0.478. The molecule has 6 rings (SSSR count). The molecule has 0 spiro atoms. The molecule has 2 aliphatic rings. The predicted molar refractivity (Wildman–Crippen MR) is 309 cm³/mol. The molecule has 4 heterocycles. The molecule has 0 fully saturated rings. The molecule has 4 nitrogen and oxygen atoms in total. The summed E-state index contributed by atoms with van der Waals surface area (Å²) in [6.07, 6.45) is 41.5. The zero-order valence-corrected chi connectivity index (χ0v) is 47.1. The van der Waals surface area contributed by atoms with Crippen LogP contribution >= 0.6 is 22.7 Å². The highest BCUT2D eigenvalue weighted by molar-refractivity contribution is 7.16. The fraction of sp³-hybridized carbons (Fsp3) is 0.688. The second-order valence-corrected chi connectivity index (χ2v) is 24.6. The maximum absolute atomic E-state index is 15.5. The van der Waals surface area contributed by atoms with E-state index in [4.69, 9.17) is 0 Å². The molecule has 0 N–H and O–H groups in total. The van der Waals surface area contributed by atoms with Crippen LogP contribution in [0.1, 0.15) is 265 Å². The molecule has 4 aromatic rings. The van der Waals surface area contributed by atoms with Crippen LogP contribution in [-0.2, 0) is 9.59 Å². The Labute approximate surface area is 436 Å². The van der Waals surface area contributed by atoms with Crippen molar-refractivity contribution in [3.8, 4) is 10.4 Å². The Balaban J connectivity index is 1.26. The van der Waals surface area contributed by atoms with E-state index >= 15 is 9.59 Å². The smallest absolute Gasteiger partial charge is 0.236 e. The molecule has 2 aliphatic heterocycles. The van der Waals surface area contributed by atoms with E-state index in [9.17, 15) is 0 Å². The molecule has 4 atom stereocenters. The Kier molecular flexibility index (Phi) is 24.9. The summed E-state index contributed by atoms with van der Waals surface area (Å²) in [6.45, 7) is 15.1. The number of carbonyl (C=O) groups excluding carboxylic acids is 2. The van der Waals surface area contributed by atoms with Crippen molar-refractivity contribution in [1.29, 1.82) is 0 Å². The van der Waals surface area contributed by atoms with Gasteiger partial charge in [-0.05, 0) is 85.9 Å². The molecule has 0 bridgehead atoms. The van der Waals surface area contributed by atoms with E-state index in [2.05, 4.69) is 99.9 Å². The van der Waals surface area contributed by atoms with Crippen LogP contribution in [0.4, 0.5) is 11.4 Å². The van der Waals surface area contributed by atoms with Crippen molar-refractivity contribution in [3.63, 3.8) is 0 Å². The number of unbranched alkanes of at least 4 members (excludes halogenated alkanes) is 24.